The molecule has 0 saturated carbocycles. The van der Waals surface area contributed by atoms with Crippen LogP contribution in [-0.4, -0.2) is 30.1 Å². The van der Waals surface area contributed by atoms with E-state index in [1.165, 1.54) is 0 Å². The van der Waals surface area contributed by atoms with Crippen LogP contribution in [0.2, 0.25) is 0 Å². The Balaban J connectivity index is 2.54. The largest absolute Gasteiger partial charge is 0.475 e. The summed E-state index contributed by atoms with van der Waals surface area (Å²) in [6.45, 7) is 0.935. The van der Waals surface area contributed by atoms with Gasteiger partial charge < -0.3 is 15.6 Å². The number of carboxylic acid groups (broad SMARTS) is 1. The van der Waals surface area contributed by atoms with E-state index < -0.39 is 11.8 Å². The van der Waals surface area contributed by atoms with Crippen LogP contribution in [0.3, 0.4) is 0 Å². The lowest BCUT2D eigenvalue weighted by Crippen LogP contribution is -2.33. The fourth-order valence-corrected chi connectivity index (χ4v) is 0.759. The highest BCUT2D eigenvalue weighted by atomic mass is 16.5. The van der Waals surface area contributed by atoms with E-state index in [2.05, 4.69) is 0 Å². The van der Waals surface area contributed by atoms with Gasteiger partial charge in [0.25, 0.3) is 5.78 Å². The molecular formula is C7H9NO4. The highest BCUT2D eigenvalue weighted by Gasteiger charge is 2.22. The monoisotopic (exact) mass is 171 g/mol. The second-order valence-corrected chi connectivity index (χ2v) is 2.55. The molecule has 5 heteroatoms. The number of aliphatic carboxylic acids is 1. The van der Waals surface area contributed by atoms with Crippen molar-refractivity contribution in [2.45, 2.75) is 0 Å². The predicted molar refractivity (Wildman–Crippen MR) is 39.2 cm³/mol. The summed E-state index contributed by atoms with van der Waals surface area (Å²) in [5.41, 5.74) is 5.70. The minimum absolute atomic E-state index is 0.00769. The molecule has 1 aliphatic heterocycles. The number of nitrogens with two attached hydrogens (primary N) is 1. The third kappa shape index (κ3) is 1.82. The molecule has 1 fully saturated rings. The van der Waals surface area contributed by atoms with E-state index in [9.17, 15) is 9.59 Å². The van der Waals surface area contributed by atoms with Crippen LogP contribution in [0.4, 0.5) is 0 Å². The van der Waals surface area contributed by atoms with Crippen LogP contribution in [0.25, 0.3) is 0 Å². The van der Waals surface area contributed by atoms with E-state index in [1.807, 2.05) is 0 Å². The standard InChI is InChI=1S/C7H9NO4/c8-5(4-2-12-3-4)1-6(9)7(10)11/h1,4H,2-3,8H2,(H,10,11). The van der Waals surface area contributed by atoms with Crippen molar-refractivity contribution in [2.75, 3.05) is 13.2 Å². The van der Waals surface area contributed by atoms with Crippen molar-refractivity contribution in [1.82, 2.24) is 0 Å². The van der Waals surface area contributed by atoms with Crippen molar-refractivity contribution in [2.24, 2.45) is 11.7 Å². The molecule has 1 aliphatic rings. The van der Waals surface area contributed by atoms with E-state index in [-0.39, 0.29) is 11.6 Å². The van der Waals surface area contributed by atoms with Crippen LogP contribution in [-0.2, 0) is 14.3 Å². The van der Waals surface area contributed by atoms with Gasteiger partial charge in [0.05, 0.1) is 13.2 Å². The summed E-state index contributed by atoms with van der Waals surface area (Å²) in [7, 11) is 0. The third-order valence-electron chi connectivity index (χ3n) is 1.62. The SMILES string of the molecule is NC(=CC(=O)C(=O)O)C1COC1. The average molecular weight is 171 g/mol. The van der Waals surface area contributed by atoms with E-state index in [0.29, 0.717) is 13.2 Å². The second-order valence-electron chi connectivity index (χ2n) is 2.55. The first-order valence-corrected chi connectivity index (χ1v) is 3.43. The Hall–Kier alpha value is -1.36. The van der Waals surface area contributed by atoms with E-state index >= 15 is 0 Å². The van der Waals surface area contributed by atoms with Crippen LogP contribution in [0.5, 0.6) is 0 Å². The quantitative estimate of drug-likeness (QED) is 0.425. The molecule has 1 rings (SSSR count). The maximum atomic E-state index is 10.6. The maximum absolute atomic E-state index is 10.6. The van der Waals surface area contributed by atoms with Crippen molar-refractivity contribution in [3.8, 4) is 0 Å². The van der Waals surface area contributed by atoms with Gasteiger partial charge in [-0.15, -0.1) is 0 Å². The third-order valence-corrected chi connectivity index (χ3v) is 1.62. The molecule has 0 unspecified atom stereocenters. The Bertz CT molecular complexity index is 242. The molecule has 5 nitrogen and oxygen atoms in total. The molecule has 3 N–H and O–H groups in total. The van der Waals surface area contributed by atoms with Gasteiger partial charge in [-0.25, -0.2) is 4.79 Å². The molecule has 0 amide bonds. The molecule has 0 atom stereocenters. The number of ether oxygens (including phenoxy) is 1. The summed E-state index contributed by atoms with van der Waals surface area (Å²) in [6, 6.07) is 0. The van der Waals surface area contributed by atoms with Gasteiger partial charge in [-0.1, -0.05) is 0 Å². The molecule has 0 bridgehead atoms. The number of ketones is 1. The summed E-state index contributed by atoms with van der Waals surface area (Å²) in [4.78, 5) is 20.7. The van der Waals surface area contributed by atoms with Gasteiger partial charge in [-0.3, -0.25) is 4.79 Å². The predicted octanol–water partition coefficient (Wildman–Crippen LogP) is -0.871. The minimum Gasteiger partial charge on any atom is -0.475 e. The van der Waals surface area contributed by atoms with Crippen LogP contribution in [0.15, 0.2) is 11.8 Å². The van der Waals surface area contributed by atoms with Crippen molar-refractivity contribution in [3.05, 3.63) is 11.8 Å². The molecular weight excluding hydrogens is 162 g/mol. The lowest BCUT2D eigenvalue weighted by Gasteiger charge is -2.25. The summed E-state index contributed by atoms with van der Waals surface area (Å²) < 4.78 is 4.82. The van der Waals surface area contributed by atoms with Gasteiger partial charge >= 0.3 is 5.97 Å². The lowest BCUT2D eigenvalue weighted by molar-refractivity contribution is -0.146. The molecule has 1 heterocycles. The summed E-state index contributed by atoms with van der Waals surface area (Å²) >= 11 is 0. The van der Waals surface area contributed by atoms with Gasteiger partial charge in [0.15, 0.2) is 0 Å². The van der Waals surface area contributed by atoms with Gasteiger partial charge in [0.2, 0.25) is 0 Å². The first-order valence-electron chi connectivity index (χ1n) is 3.43. The zero-order valence-corrected chi connectivity index (χ0v) is 6.32. The van der Waals surface area contributed by atoms with Crippen molar-refractivity contribution < 1.29 is 19.4 Å². The van der Waals surface area contributed by atoms with E-state index in [1.54, 1.807) is 0 Å². The van der Waals surface area contributed by atoms with Crippen molar-refractivity contribution in [3.63, 3.8) is 0 Å². The molecule has 0 aromatic carbocycles. The first-order chi connectivity index (χ1) is 5.61. The number of rotatable bonds is 3. The number of carboxylic acids is 1. The lowest BCUT2D eigenvalue weighted by atomic mass is 10.0. The van der Waals surface area contributed by atoms with Crippen LogP contribution < -0.4 is 5.73 Å². The van der Waals surface area contributed by atoms with Crippen molar-refractivity contribution in [1.29, 1.82) is 0 Å². The van der Waals surface area contributed by atoms with Crippen molar-refractivity contribution >= 4 is 11.8 Å². The van der Waals surface area contributed by atoms with Gasteiger partial charge in [0.1, 0.15) is 0 Å². The zero-order chi connectivity index (χ0) is 9.14. The van der Waals surface area contributed by atoms with E-state index in [4.69, 9.17) is 15.6 Å². The second kappa shape index (κ2) is 3.36. The van der Waals surface area contributed by atoms with E-state index in [0.717, 1.165) is 6.08 Å². The molecule has 0 aromatic rings. The fourth-order valence-electron chi connectivity index (χ4n) is 0.759. The first kappa shape index (κ1) is 8.73. The average Bonchev–Trinajstić information content (AvgIpc) is 1.82. The Kier molecular flexibility index (Phi) is 2.44. The highest BCUT2D eigenvalue weighted by molar-refractivity contribution is 6.37. The molecule has 0 aliphatic carbocycles. The Morgan fingerprint density at radius 2 is 2.08 bits per heavy atom. The van der Waals surface area contributed by atoms with Crippen LogP contribution in [0.1, 0.15) is 0 Å². The highest BCUT2D eigenvalue weighted by Crippen LogP contribution is 2.15. The summed E-state index contributed by atoms with van der Waals surface area (Å²) in [6.07, 6.45) is 0.940. The number of hydrogen-bond donors (Lipinski definition) is 2. The molecule has 0 radical (unpaired) electrons. The molecule has 0 spiro atoms. The van der Waals surface area contributed by atoms with Crippen LogP contribution in [0, 0.1) is 5.92 Å². The van der Waals surface area contributed by atoms with Gasteiger partial charge in [-0.2, -0.15) is 0 Å². The maximum Gasteiger partial charge on any atom is 0.376 e. The van der Waals surface area contributed by atoms with Gasteiger partial charge in [0, 0.05) is 17.7 Å². The van der Waals surface area contributed by atoms with Gasteiger partial charge in [-0.05, 0) is 0 Å². The Morgan fingerprint density at radius 3 is 2.42 bits per heavy atom. The normalized spacial score (nSPS) is 18.5. The fraction of sp³-hybridized carbons (Fsp3) is 0.429. The number of carbonyl (C=O) groups is 2. The minimum atomic E-state index is -1.49. The Labute approximate surface area is 68.8 Å². The number of carbonyl (C=O) groups excluding carboxylic acids is 1. The molecule has 0 aromatic heterocycles. The Morgan fingerprint density at radius 1 is 1.50 bits per heavy atom. The summed E-state index contributed by atoms with van der Waals surface area (Å²) in [5.74, 6) is -2.47. The van der Waals surface area contributed by atoms with Crippen LogP contribution >= 0.6 is 0 Å². The molecule has 12 heavy (non-hydrogen) atoms. The number of hydrogen-bond acceptors (Lipinski definition) is 4. The molecule has 1 saturated heterocycles. The smallest absolute Gasteiger partial charge is 0.376 e. The zero-order valence-electron chi connectivity index (χ0n) is 6.32. The summed E-state index contributed by atoms with van der Waals surface area (Å²) in [5, 5.41) is 8.22. The molecule has 66 valence electrons. The topological polar surface area (TPSA) is 89.6 Å².